The Balaban J connectivity index is 2.27. The number of aliphatic hydroxyl groups is 1. The Kier molecular flexibility index (Phi) is 2.20. The van der Waals surface area contributed by atoms with Gasteiger partial charge in [-0.25, -0.2) is 0 Å². The van der Waals surface area contributed by atoms with Gasteiger partial charge >= 0.3 is 0 Å². The van der Waals surface area contributed by atoms with Crippen molar-refractivity contribution in [2.75, 3.05) is 0 Å². The maximum atomic E-state index is 10.4. The Morgan fingerprint density at radius 2 is 2.23 bits per heavy atom. The van der Waals surface area contributed by atoms with Gasteiger partial charge in [-0.1, -0.05) is 6.42 Å². The number of aryl methyl sites for hydroxylation is 1. The highest BCUT2D eigenvalue weighted by Crippen LogP contribution is 2.44. The van der Waals surface area contributed by atoms with Crippen LogP contribution in [0.15, 0.2) is 11.4 Å². The summed E-state index contributed by atoms with van der Waals surface area (Å²) in [6.45, 7) is 4.05. The first-order valence-corrected chi connectivity index (χ1v) is 5.77. The van der Waals surface area contributed by atoms with Gasteiger partial charge < -0.3 is 5.11 Å². The largest absolute Gasteiger partial charge is 0.384 e. The van der Waals surface area contributed by atoms with Crippen LogP contribution in [-0.2, 0) is 5.60 Å². The van der Waals surface area contributed by atoms with Gasteiger partial charge in [0.05, 0.1) is 5.60 Å². The van der Waals surface area contributed by atoms with E-state index in [1.165, 1.54) is 24.8 Å². The molecule has 0 spiro atoms. The van der Waals surface area contributed by atoms with Gasteiger partial charge in [0.25, 0.3) is 0 Å². The second-order valence-electron chi connectivity index (χ2n) is 4.21. The maximum absolute atomic E-state index is 10.4. The average Bonchev–Trinajstić information content (AvgIpc) is 2.29. The van der Waals surface area contributed by atoms with Gasteiger partial charge in [0, 0.05) is 4.88 Å². The molecule has 1 atom stereocenters. The molecule has 1 aliphatic carbocycles. The summed E-state index contributed by atoms with van der Waals surface area (Å²) in [5, 5.41) is 12.5. The average molecular weight is 196 g/mol. The zero-order chi connectivity index (χ0) is 9.47. The molecule has 2 heteroatoms. The molecule has 13 heavy (non-hydrogen) atoms. The van der Waals surface area contributed by atoms with E-state index in [2.05, 4.69) is 18.4 Å². The number of rotatable bonds is 2. The fraction of sp³-hybridized carbons (Fsp3) is 0.636. The summed E-state index contributed by atoms with van der Waals surface area (Å²) in [6.07, 6.45) is 3.65. The van der Waals surface area contributed by atoms with E-state index in [1.54, 1.807) is 11.3 Å². The lowest BCUT2D eigenvalue weighted by Crippen LogP contribution is -2.35. The predicted octanol–water partition coefficient (Wildman–Crippen LogP) is 3.06. The quantitative estimate of drug-likeness (QED) is 0.770. The van der Waals surface area contributed by atoms with E-state index in [1.807, 2.05) is 6.92 Å². The van der Waals surface area contributed by atoms with E-state index < -0.39 is 5.60 Å². The zero-order valence-corrected chi connectivity index (χ0v) is 9.03. The molecule has 1 saturated carbocycles. The fourth-order valence-corrected chi connectivity index (χ4v) is 3.11. The van der Waals surface area contributed by atoms with E-state index in [0.717, 1.165) is 4.88 Å². The Bertz CT molecular complexity index is 297. The van der Waals surface area contributed by atoms with Gasteiger partial charge in [-0.3, -0.25) is 0 Å². The highest BCUT2D eigenvalue weighted by atomic mass is 32.1. The lowest BCUT2D eigenvalue weighted by molar-refractivity contribution is -0.0372. The van der Waals surface area contributed by atoms with E-state index in [9.17, 15) is 5.11 Å². The first kappa shape index (κ1) is 9.22. The summed E-state index contributed by atoms with van der Waals surface area (Å²) in [4.78, 5) is 1.16. The standard InChI is InChI=1S/C11H16OS/c1-8-6-7-13-10(8)11(2,12)9-4-3-5-9/h6-7,9,12H,3-5H2,1-2H3. The third-order valence-corrected chi connectivity index (χ3v) is 4.47. The number of thiophene rings is 1. The smallest absolute Gasteiger partial charge is 0.0990 e. The van der Waals surface area contributed by atoms with E-state index in [4.69, 9.17) is 0 Å². The van der Waals surface area contributed by atoms with Crippen molar-refractivity contribution in [1.82, 2.24) is 0 Å². The Labute approximate surface area is 83.4 Å². The molecule has 1 aliphatic rings. The van der Waals surface area contributed by atoms with Crippen LogP contribution in [0.1, 0.15) is 36.6 Å². The molecule has 1 N–H and O–H groups in total. The van der Waals surface area contributed by atoms with Crippen LogP contribution in [0.3, 0.4) is 0 Å². The zero-order valence-electron chi connectivity index (χ0n) is 8.21. The van der Waals surface area contributed by atoms with E-state index >= 15 is 0 Å². The summed E-state index contributed by atoms with van der Waals surface area (Å²) < 4.78 is 0. The second kappa shape index (κ2) is 3.10. The van der Waals surface area contributed by atoms with Crippen LogP contribution < -0.4 is 0 Å². The maximum Gasteiger partial charge on any atom is 0.0990 e. The molecule has 72 valence electrons. The Morgan fingerprint density at radius 3 is 2.62 bits per heavy atom. The minimum atomic E-state index is -0.573. The van der Waals surface area contributed by atoms with Crippen molar-refractivity contribution in [3.8, 4) is 0 Å². The first-order chi connectivity index (χ1) is 6.12. The van der Waals surface area contributed by atoms with Crippen LogP contribution >= 0.6 is 11.3 Å². The summed E-state index contributed by atoms with van der Waals surface area (Å²) in [6, 6.07) is 2.09. The number of hydrogen-bond acceptors (Lipinski definition) is 2. The molecule has 1 unspecified atom stereocenters. The Hall–Kier alpha value is -0.340. The molecular formula is C11H16OS. The van der Waals surface area contributed by atoms with Crippen molar-refractivity contribution in [3.05, 3.63) is 21.9 Å². The van der Waals surface area contributed by atoms with Gasteiger partial charge in [-0.2, -0.15) is 0 Å². The normalized spacial score (nSPS) is 22.4. The van der Waals surface area contributed by atoms with Crippen molar-refractivity contribution >= 4 is 11.3 Å². The van der Waals surface area contributed by atoms with Gasteiger partial charge in [-0.15, -0.1) is 11.3 Å². The minimum absolute atomic E-state index is 0.491. The Morgan fingerprint density at radius 1 is 1.54 bits per heavy atom. The lowest BCUT2D eigenvalue weighted by Gasteiger charge is -2.38. The van der Waals surface area contributed by atoms with Gasteiger partial charge in [0.1, 0.15) is 0 Å². The summed E-state index contributed by atoms with van der Waals surface area (Å²) in [7, 11) is 0. The molecule has 1 fully saturated rings. The molecule has 0 bridgehead atoms. The van der Waals surface area contributed by atoms with Crippen molar-refractivity contribution in [2.45, 2.75) is 38.7 Å². The summed E-state index contributed by atoms with van der Waals surface area (Å²) in [5.41, 5.74) is 0.665. The van der Waals surface area contributed by atoms with Crippen LogP contribution in [-0.4, -0.2) is 5.11 Å². The molecule has 1 aromatic heterocycles. The van der Waals surface area contributed by atoms with Crippen LogP contribution in [0, 0.1) is 12.8 Å². The topological polar surface area (TPSA) is 20.2 Å². The van der Waals surface area contributed by atoms with Crippen LogP contribution in [0.4, 0.5) is 0 Å². The first-order valence-electron chi connectivity index (χ1n) is 4.89. The molecule has 0 saturated heterocycles. The molecule has 0 aromatic carbocycles. The van der Waals surface area contributed by atoms with Crippen LogP contribution in [0.2, 0.25) is 0 Å². The third kappa shape index (κ3) is 1.42. The van der Waals surface area contributed by atoms with Crippen molar-refractivity contribution in [1.29, 1.82) is 0 Å². The van der Waals surface area contributed by atoms with Crippen molar-refractivity contribution in [3.63, 3.8) is 0 Å². The molecule has 1 aromatic rings. The fourth-order valence-electron chi connectivity index (χ4n) is 2.05. The van der Waals surface area contributed by atoms with Gasteiger partial charge in [0.2, 0.25) is 0 Å². The lowest BCUT2D eigenvalue weighted by atomic mass is 9.72. The molecule has 1 heterocycles. The second-order valence-corrected chi connectivity index (χ2v) is 5.12. The highest BCUT2D eigenvalue weighted by molar-refractivity contribution is 7.10. The van der Waals surface area contributed by atoms with Crippen molar-refractivity contribution < 1.29 is 5.11 Å². The molecule has 0 radical (unpaired) electrons. The van der Waals surface area contributed by atoms with Crippen LogP contribution in [0.5, 0.6) is 0 Å². The summed E-state index contributed by atoms with van der Waals surface area (Å²) in [5.74, 6) is 0.491. The highest BCUT2D eigenvalue weighted by Gasteiger charge is 2.38. The molecule has 2 rings (SSSR count). The molecular weight excluding hydrogens is 180 g/mol. The van der Waals surface area contributed by atoms with E-state index in [-0.39, 0.29) is 0 Å². The van der Waals surface area contributed by atoms with Crippen LogP contribution in [0.25, 0.3) is 0 Å². The van der Waals surface area contributed by atoms with E-state index in [0.29, 0.717) is 5.92 Å². The monoisotopic (exact) mass is 196 g/mol. The summed E-state index contributed by atoms with van der Waals surface area (Å²) >= 11 is 1.68. The SMILES string of the molecule is Cc1ccsc1C(C)(O)C1CCC1. The van der Waals surface area contributed by atoms with Crippen molar-refractivity contribution in [2.24, 2.45) is 5.92 Å². The predicted molar refractivity (Wildman–Crippen MR) is 56.0 cm³/mol. The minimum Gasteiger partial charge on any atom is -0.384 e. The third-order valence-electron chi connectivity index (χ3n) is 3.22. The molecule has 0 aliphatic heterocycles. The van der Waals surface area contributed by atoms with Gasteiger partial charge in [-0.05, 0) is 49.6 Å². The van der Waals surface area contributed by atoms with Gasteiger partial charge in [0.15, 0.2) is 0 Å². The molecule has 0 amide bonds. The molecule has 1 nitrogen and oxygen atoms in total. The number of hydrogen-bond donors (Lipinski definition) is 1.